The summed E-state index contributed by atoms with van der Waals surface area (Å²) in [5, 5.41) is 0.604. The molecule has 2 unspecified atom stereocenters. The third-order valence-corrected chi connectivity index (χ3v) is 5.21. The highest BCUT2D eigenvalue weighted by atomic mass is 32.2. The normalized spacial score (nSPS) is 23.8. The zero-order valence-electron chi connectivity index (χ0n) is 11.6. The summed E-state index contributed by atoms with van der Waals surface area (Å²) in [5.41, 5.74) is 9.34. The molecule has 0 radical (unpaired) electrons. The van der Waals surface area contributed by atoms with Crippen molar-refractivity contribution in [3.63, 3.8) is 0 Å². The Morgan fingerprint density at radius 2 is 2.11 bits per heavy atom. The highest BCUT2D eigenvalue weighted by molar-refractivity contribution is 7.99. The minimum atomic E-state index is 0.223. The van der Waals surface area contributed by atoms with Crippen molar-refractivity contribution in [3.05, 3.63) is 35.4 Å². The predicted octanol–water partition coefficient (Wildman–Crippen LogP) is 4.17. The molecule has 2 rings (SSSR count). The molecule has 0 aliphatic heterocycles. The van der Waals surface area contributed by atoms with Crippen LogP contribution >= 0.6 is 11.8 Å². The van der Waals surface area contributed by atoms with Crippen molar-refractivity contribution in [1.82, 2.24) is 0 Å². The number of hydrogen-bond donors (Lipinski definition) is 1. The van der Waals surface area contributed by atoms with Crippen molar-refractivity contribution >= 4 is 11.8 Å². The molecule has 0 bridgehead atoms. The van der Waals surface area contributed by atoms with Crippen molar-refractivity contribution < 1.29 is 0 Å². The molecule has 2 atom stereocenters. The molecule has 0 amide bonds. The fourth-order valence-corrected chi connectivity index (χ4v) is 4.20. The third-order valence-electron chi connectivity index (χ3n) is 3.78. The van der Waals surface area contributed by atoms with Crippen LogP contribution < -0.4 is 5.73 Å². The standard InChI is InChI=1S/C16H25NS/c1-12(2)10-11-18-15-9-5-7-13-6-3-4-8-14(13)16(15)17/h3-4,6,8,12,15-16H,5,7,9-11,17H2,1-2H3. The van der Waals surface area contributed by atoms with E-state index in [0.717, 1.165) is 5.92 Å². The number of hydrogen-bond acceptors (Lipinski definition) is 2. The molecule has 0 fully saturated rings. The van der Waals surface area contributed by atoms with E-state index in [-0.39, 0.29) is 6.04 Å². The molecule has 0 spiro atoms. The van der Waals surface area contributed by atoms with E-state index in [1.165, 1.54) is 42.6 Å². The second-order valence-corrected chi connectivity index (χ2v) is 7.06. The zero-order valence-corrected chi connectivity index (χ0v) is 12.4. The van der Waals surface area contributed by atoms with E-state index >= 15 is 0 Å². The molecular formula is C16H25NS. The smallest absolute Gasteiger partial charge is 0.0418 e. The Balaban J connectivity index is 2.01. The van der Waals surface area contributed by atoms with Gasteiger partial charge in [0.25, 0.3) is 0 Å². The van der Waals surface area contributed by atoms with Crippen LogP contribution in [0.1, 0.15) is 50.3 Å². The molecule has 2 N–H and O–H groups in total. The molecule has 0 saturated heterocycles. The lowest BCUT2D eigenvalue weighted by Crippen LogP contribution is -2.23. The second-order valence-electron chi connectivity index (χ2n) is 5.71. The van der Waals surface area contributed by atoms with Gasteiger partial charge in [0.2, 0.25) is 0 Å². The van der Waals surface area contributed by atoms with Crippen molar-refractivity contribution in [2.75, 3.05) is 5.75 Å². The third kappa shape index (κ3) is 3.52. The average Bonchev–Trinajstić information content (AvgIpc) is 2.50. The Hall–Kier alpha value is -0.470. The number of thioether (sulfide) groups is 1. The molecule has 2 heteroatoms. The summed E-state index contributed by atoms with van der Waals surface area (Å²) in [7, 11) is 0. The lowest BCUT2D eigenvalue weighted by molar-refractivity contribution is 0.615. The summed E-state index contributed by atoms with van der Waals surface area (Å²) in [6.45, 7) is 4.59. The highest BCUT2D eigenvalue weighted by Crippen LogP contribution is 2.34. The molecule has 1 nitrogen and oxygen atoms in total. The minimum absolute atomic E-state index is 0.223. The maximum atomic E-state index is 6.49. The Morgan fingerprint density at radius 3 is 2.89 bits per heavy atom. The number of nitrogens with two attached hydrogens (primary N) is 1. The summed E-state index contributed by atoms with van der Waals surface area (Å²) >= 11 is 2.09. The SMILES string of the molecule is CC(C)CCSC1CCCc2ccccc2C1N. The Labute approximate surface area is 116 Å². The van der Waals surface area contributed by atoms with Crippen molar-refractivity contribution in [2.45, 2.75) is 50.8 Å². The first-order chi connectivity index (χ1) is 8.68. The maximum absolute atomic E-state index is 6.49. The molecule has 0 saturated carbocycles. The molecule has 1 aromatic carbocycles. The van der Waals surface area contributed by atoms with Gasteiger partial charge in [-0.2, -0.15) is 11.8 Å². The first kappa shape index (κ1) is 14.0. The fraction of sp³-hybridized carbons (Fsp3) is 0.625. The molecule has 1 aromatic rings. The van der Waals surface area contributed by atoms with E-state index in [1.807, 2.05) is 0 Å². The van der Waals surface area contributed by atoms with E-state index in [0.29, 0.717) is 5.25 Å². The first-order valence-electron chi connectivity index (χ1n) is 7.13. The number of aryl methyl sites for hydroxylation is 1. The van der Waals surface area contributed by atoms with E-state index < -0.39 is 0 Å². The molecule has 0 heterocycles. The minimum Gasteiger partial charge on any atom is -0.323 e. The van der Waals surface area contributed by atoms with E-state index in [2.05, 4.69) is 49.9 Å². The average molecular weight is 263 g/mol. The monoisotopic (exact) mass is 263 g/mol. The molecule has 18 heavy (non-hydrogen) atoms. The number of rotatable bonds is 4. The van der Waals surface area contributed by atoms with Crippen LogP contribution in [0.2, 0.25) is 0 Å². The van der Waals surface area contributed by atoms with E-state index in [1.54, 1.807) is 0 Å². The quantitative estimate of drug-likeness (QED) is 0.825. The zero-order chi connectivity index (χ0) is 13.0. The van der Waals surface area contributed by atoms with Gasteiger partial charge in [0.15, 0.2) is 0 Å². The number of fused-ring (bicyclic) bond motifs is 1. The van der Waals surface area contributed by atoms with Crippen molar-refractivity contribution in [3.8, 4) is 0 Å². The van der Waals surface area contributed by atoms with Crippen molar-refractivity contribution in [1.29, 1.82) is 0 Å². The van der Waals surface area contributed by atoms with Gasteiger partial charge in [0, 0.05) is 11.3 Å². The van der Waals surface area contributed by atoms with Gasteiger partial charge in [-0.25, -0.2) is 0 Å². The summed E-state index contributed by atoms with van der Waals surface area (Å²) < 4.78 is 0. The van der Waals surface area contributed by atoms with Gasteiger partial charge in [-0.3, -0.25) is 0 Å². The van der Waals surface area contributed by atoms with Gasteiger partial charge in [0.1, 0.15) is 0 Å². The predicted molar refractivity (Wildman–Crippen MR) is 82.0 cm³/mol. The Kier molecular flexibility index (Phi) is 5.13. The second kappa shape index (κ2) is 6.63. The largest absolute Gasteiger partial charge is 0.323 e. The maximum Gasteiger partial charge on any atom is 0.0418 e. The summed E-state index contributed by atoms with van der Waals surface area (Å²) in [5.74, 6) is 2.05. The first-order valence-corrected chi connectivity index (χ1v) is 8.18. The van der Waals surface area contributed by atoms with Crippen LogP contribution in [0.3, 0.4) is 0 Å². The molecule has 100 valence electrons. The van der Waals surface area contributed by atoms with Crippen LogP contribution in [0.4, 0.5) is 0 Å². The van der Waals surface area contributed by atoms with Crippen LogP contribution in [0.5, 0.6) is 0 Å². The van der Waals surface area contributed by atoms with Crippen LogP contribution in [0, 0.1) is 5.92 Å². The van der Waals surface area contributed by atoms with Crippen LogP contribution in [-0.4, -0.2) is 11.0 Å². The summed E-state index contributed by atoms with van der Waals surface area (Å²) in [6, 6.07) is 8.95. The summed E-state index contributed by atoms with van der Waals surface area (Å²) in [6.07, 6.45) is 5.04. The fourth-order valence-electron chi connectivity index (χ4n) is 2.60. The lowest BCUT2D eigenvalue weighted by atomic mass is 10.00. The van der Waals surface area contributed by atoms with Crippen molar-refractivity contribution in [2.24, 2.45) is 11.7 Å². The Bertz CT molecular complexity index is 375. The summed E-state index contributed by atoms with van der Waals surface area (Å²) in [4.78, 5) is 0. The van der Waals surface area contributed by atoms with Crippen LogP contribution in [0.25, 0.3) is 0 Å². The molecular weight excluding hydrogens is 238 g/mol. The molecule has 1 aliphatic rings. The Morgan fingerprint density at radius 1 is 1.33 bits per heavy atom. The number of benzene rings is 1. The van der Waals surface area contributed by atoms with Gasteiger partial charge in [-0.05, 0) is 48.5 Å². The molecule has 1 aliphatic carbocycles. The van der Waals surface area contributed by atoms with Gasteiger partial charge < -0.3 is 5.73 Å². The topological polar surface area (TPSA) is 26.0 Å². The van der Waals surface area contributed by atoms with E-state index in [9.17, 15) is 0 Å². The lowest BCUT2D eigenvalue weighted by Gasteiger charge is -2.22. The van der Waals surface area contributed by atoms with Gasteiger partial charge in [-0.15, -0.1) is 0 Å². The van der Waals surface area contributed by atoms with Crippen LogP contribution in [-0.2, 0) is 6.42 Å². The van der Waals surface area contributed by atoms with Gasteiger partial charge in [0.05, 0.1) is 0 Å². The van der Waals surface area contributed by atoms with Gasteiger partial charge in [-0.1, -0.05) is 38.1 Å². The molecule has 0 aromatic heterocycles. The van der Waals surface area contributed by atoms with Gasteiger partial charge >= 0.3 is 0 Å². The highest BCUT2D eigenvalue weighted by Gasteiger charge is 2.24. The van der Waals surface area contributed by atoms with E-state index in [4.69, 9.17) is 5.73 Å². The van der Waals surface area contributed by atoms with Crippen LogP contribution in [0.15, 0.2) is 24.3 Å².